The highest BCUT2D eigenvalue weighted by Gasteiger charge is 2.27. The largest absolute Gasteiger partial charge is 0.392 e. The molecule has 0 amide bonds. The molecule has 0 spiro atoms. The van der Waals surface area contributed by atoms with Crippen LogP contribution in [0.1, 0.15) is 31.2 Å². The maximum Gasteiger partial charge on any atom is 0.116 e. The second kappa shape index (κ2) is 8.26. The molecule has 136 valence electrons. The fourth-order valence-corrected chi connectivity index (χ4v) is 5.44. The van der Waals surface area contributed by atoms with E-state index in [1.54, 1.807) is 23.1 Å². The zero-order valence-corrected chi connectivity index (χ0v) is 16.5. The first-order valence-electron chi connectivity index (χ1n) is 9.15. The molecule has 3 nitrogen and oxygen atoms in total. The van der Waals surface area contributed by atoms with Crippen LogP contribution in [0.2, 0.25) is 0 Å². The first-order valence-corrected chi connectivity index (χ1v) is 10.9. The molecule has 1 aromatic carbocycles. The first-order chi connectivity index (χ1) is 13.3. The maximum absolute atomic E-state index is 10.4. The van der Waals surface area contributed by atoms with Crippen molar-refractivity contribution in [3.63, 3.8) is 0 Å². The summed E-state index contributed by atoms with van der Waals surface area (Å²) in [5, 5.41) is 23.2. The molecule has 2 heterocycles. The van der Waals surface area contributed by atoms with Gasteiger partial charge < -0.3 is 5.11 Å². The van der Waals surface area contributed by atoms with Crippen LogP contribution in [0.5, 0.6) is 0 Å². The highest BCUT2D eigenvalue weighted by molar-refractivity contribution is 8.00. The number of rotatable bonds is 4. The monoisotopic (exact) mass is 392 g/mol. The van der Waals surface area contributed by atoms with E-state index >= 15 is 0 Å². The smallest absolute Gasteiger partial charge is 0.116 e. The minimum absolute atomic E-state index is 0.0977. The summed E-state index contributed by atoms with van der Waals surface area (Å²) in [5.74, 6) is 0. The average Bonchev–Trinajstić information content (AvgIpc) is 3.25. The lowest BCUT2D eigenvalue weighted by molar-refractivity contribution is 0.137. The van der Waals surface area contributed by atoms with Gasteiger partial charge in [-0.25, -0.2) is 4.98 Å². The molecule has 5 heteroatoms. The predicted octanol–water partition coefficient (Wildman–Crippen LogP) is 5.74. The topological polar surface area (TPSA) is 56.9 Å². The van der Waals surface area contributed by atoms with Crippen molar-refractivity contribution >= 4 is 23.1 Å². The first kappa shape index (κ1) is 18.2. The van der Waals surface area contributed by atoms with Gasteiger partial charge in [0, 0.05) is 10.8 Å². The molecule has 2 atom stereocenters. The van der Waals surface area contributed by atoms with Gasteiger partial charge in [0.05, 0.1) is 22.2 Å². The molecular weight excluding hydrogens is 372 g/mol. The Kier molecular flexibility index (Phi) is 5.58. The molecule has 0 saturated heterocycles. The summed E-state index contributed by atoms with van der Waals surface area (Å²) in [5.41, 5.74) is 3.41. The predicted molar refractivity (Wildman–Crippen MR) is 112 cm³/mol. The minimum Gasteiger partial charge on any atom is -0.392 e. The highest BCUT2D eigenvalue weighted by atomic mass is 32.2. The van der Waals surface area contributed by atoms with Crippen LogP contribution in [0.3, 0.4) is 0 Å². The number of nitriles is 1. The summed E-state index contributed by atoms with van der Waals surface area (Å²) >= 11 is 3.21. The molecule has 1 aliphatic rings. The fraction of sp³-hybridized carbons (Fsp3) is 0.273. The molecule has 0 radical (unpaired) electrons. The van der Waals surface area contributed by atoms with Crippen LogP contribution in [0.25, 0.3) is 21.7 Å². The molecule has 1 fully saturated rings. The SMILES string of the molecule is N#Cc1c(-c2ccccc2)cc(-c2cccs2)nc1S[C@H]1CCCC[C@@H]1O. The Morgan fingerprint density at radius 1 is 1.11 bits per heavy atom. The van der Waals surface area contributed by atoms with Gasteiger partial charge in [0.15, 0.2) is 0 Å². The van der Waals surface area contributed by atoms with Crippen LogP contribution in [-0.4, -0.2) is 21.4 Å². The van der Waals surface area contributed by atoms with Crippen molar-refractivity contribution in [3.05, 3.63) is 59.5 Å². The van der Waals surface area contributed by atoms with Gasteiger partial charge in [-0.05, 0) is 35.9 Å². The van der Waals surface area contributed by atoms with E-state index in [4.69, 9.17) is 4.98 Å². The van der Waals surface area contributed by atoms with E-state index in [0.717, 1.165) is 52.4 Å². The van der Waals surface area contributed by atoms with E-state index in [2.05, 4.69) is 12.1 Å². The van der Waals surface area contributed by atoms with Crippen LogP contribution in [-0.2, 0) is 0 Å². The van der Waals surface area contributed by atoms with Gasteiger partial charge in [0.25, 0.3) is 0 Å². The summed E-state index contributed by atoms with van der Waals surface area (Å²) in [6.07, 6.45) is 3.65. The Labute approximate surface area is 167 Å². The summed E-state index contributed by atoms with van der Waals surface area (Å²) in [6.45, 7) is 0. The number of aromatic nitrogens is 1. The molecule has 3 aromatic rings. The Morgan fingerprint density at radius 3 is 2.63 bits per heavy atom. The van der Waals surface area contributed by atoms with Gasteiger partial charge in [-0.15, -0.1) is 11.3 Å². The van der Waals surface area contributed by atoms with Crippen LogP contribution < -0.4 is 0 Å². The van der Waals surface area contributed by atoms with Crippen molar-refractivity contribution in [3.8, 4) is 27.8 Å². The molecule has 4 rings (SSSR count). The van der Waals surface area contributed by atoms with Crippen molar-refractivity contribution < 1.29 is 5.11 Å². The lowest BCUT2D eigenvalue weighted by atomic mass is 9.97. The summed E-state index contributed by atoms with van der Waals surface area (Å²) < 4.78 is 0. The molecule has 0 unspecified atom stereocenters. The third-order valence-corrected chi connectivity index (χ3v) is 7.15. The second-order valence-electron chi connectivity index (χ2n) is 6.70. The van der Waals surface area contributed by atoms with Gasteiger partial charge >= 0.3 is 0 Å². The van der Waals surface area contributed by atoms with E-state index in [-0.39, 0.29) is 11.4 Å². The van der Waals surface area contributed by atoms with Crippen LogP contribution in [0, 0.1) is 11.3 Å². The molecule has 0 bridgehead atoms. The maximum atomic E-state index is 10.4. The lowest BCUT2D eigenvalue weighted by Gasteiger charge is -2.27. The molecule has 1 saturated carbocycles. The average molecular weight is 393 g/mol. The number of thioether (sulfide) groups is 1. The van der Waals surface area contributed by atoms with Crippen molar-refractivity contribution in [2.24, 2.45) is 0 Å². The van der Waals surface area contributed by atoms with Crippen molar-refractivity contribution in [2.75, 3.05) is 0 Å². The summed E-state index contributed by atoms with van der Waals surface area (Å²) in [6, 6.07) is 18.5. The quantitative estimate of drug-likeness (QED) is 0.615. The number of aliphatic hydroxyl groups excluding tert-OH is 1. The molecule has 27 heavy (non-hydrogen) atoms. The number of benzene rings is 1. The van der Waals surface area contributed by atoms with Crippen LogP contribution >= 0.6 is 23.1 Å². The number of nitrogens with zero attached hydrogens (tertiary/aromatic N) is 2. The molecule has 0 aliphatic heterocycles. The van der Waals surface area contributed by atoms with E-state index in [9.17, 15) is 10.4 Å². The van der Waals surface area contributed by atoms with E-state index < -0.39 is 0 Å². The van der Waals surface area contributed by atoms with E-state index in [0.29, 0.717) is 5.56 Å². The second-order valence-corrected chi connectivity index (χ2v) is 8.87. The van der Waals surface area contributed by atoms with Crippen LogP contribution in [0.15, 0.2) is 58.9 Å². The van der Waals surface area contributed by atoms with Gasteiger partial charge in [0.1, 0.15) is 11.1 Å². The Balaban J connectivity index is 1.83. The van der Waals surface area contributed by atoms with Gasteiger partial charge in [-0.3, -0.25) is 0 Å². The summed E-state index contributed by atoms with van der Waals surface area (Å²) in [4.78, 5) is 5.93. The Hall–Kier alpha value is -2.13. The van der Waals surface area contributed by atoms with Gasteiger partial charge in [-0.2, -0.15) is 5.26 Å². The number of hydrogen-bond acceptors (Lipinski definition) is 5. The molecular formula is C22H20N2OS2. The molecule has 1 N–H and O–H groups in total. The molecule has 1 aliphatic carbocycles. The van der Waals surface area contributed by atoms with Crippen molar-refractivity contribution in [1.82, 2.24) is 4.98 Å². The van der Waals surface area contributed by atoms with Gasteiger partial charge in [0.2, 0.25) is 0 Å². The lowest BCUT2D eigenvalue weighted by Crippen LogP contribution is -2.27. The summed E-state index contributed by atoms with van der Waals surface area (Å²) in [7, 11) is 0. The van der Waals surface area contributed by atoms with E-state index in [1.807, 2.05) is 47.8 Å². The zero-order valence-electron chi connectivity index (χ0n) is 14.8. The number of hydrogen-bond donors (Lipinski definition) is 1. The molecule has 2 aromatic heterocycles. The normalized spacial score (nSPS) is 19.6. The Morgan fingerprint density at radius 2 is 1.93 bits per heavy atom. The van der Waals surface area contributed by atoms with Gasteiger partial charge in [-0.1, -0.05) is 61.0 Å². The minimum atomic E-state index is -0.331. The van der Waals surface area contributed by atoms with Crippen molar-refractivity contribution in [1.29, 1.82) is 5.26 Å². The van der Waals surface area contributed by atoms with Crippen molar-refractivity contribution in [2.45, 2.75) is 42.1 Å². The fourth-order valence-electron chi connectivity index (χ4n) is 3.47. The third-order valence-electron chi connectivity index (χ3n) is 4.89. The third kappa shape index (κ3) is 3.93. The Bertz CT molecular complexity index is 948. The highest BCUT2D eigenvalue weighted by Crippen LogP contribution is 2.39. The number of thiophene rings is 1. The number of pyridine rings is 1. The number of aliphatic hydroxyl groups is 1. The van der Waals surface area contributed by atoms with E-state index in [1.165, 1.54) is 0 Å². The zero-order chi connectivity index (χ0) is 18.6. The van der Waals surface area contributed by atoms with Crippen LogP contribution in [0.4, 0.5) is 0 Å². The standard InChI is InChI=1S/C22H20N2OS2/c23-14-17-16(15-7-2-1-3-8-15)13-18(20-11-6-12-26-20)24-22(17)27-21-10-5-4-9-19(21)25/h1-3,6-8,11-13,19,21,25H,4-5,9-10H2/t19-,21-/m0/s1.